The molecule has 19 heavy (non-hydrogen) atoms. The fourth-order valence-corrected chi connectivity index (χ4v) is 1.51. The summed E-state index contributed by atoms with van der Waals surface area (Å²) in [5.74, 6) is 0.509. The van der Waals surface area contributed by atoms with Gasteiger partial charge in [0.2, 0.25) is 5.91 Å². The number of aromatic nitrogens is 1. The maximum Gasteiger partial charge on any atom is 0.221 e. The molecule has 0 bridgehead atoms. The second-order valence-electron chi connectivity index (χ2n) is 4.67. The average Bonchev–Trinajstić information content (AvgIpc) is 2.36. The average molecular weight is 280 g/mol. The van der Waals surface area contributed by atoms with Crippen LogP contribution < -0.4 is 16.4 Å². The summed E-state index contributed by atoms with van der Waals surface area (Å²) in [6.45, 7) is 5.39. The van der Waals surface area contributed by atoms with Gasteiger partial charge in [0.15, 0.2) is 0 Å². The maximum absolute atomic E-state index is 11.5. The molecule has 0 unspecified atom stereocenters. The Morgan fingerprint density at radius 1 is 1.53 bits per heavy atom. The van der Waals surface area contributed by atoms with Gasteiger partial charge in [-0.05, 0) is 18.1 Å². The molecule has 0 aliphatic heterocycles. The first kappa shape index (κ1) is 15.4. The smallest absolute Gasteiger partial charge is 0.221 e. The quantitative estimate of drug-likeness (QED) is 0.656. The SMILES string of the molecule is CC(C)CNC(=O)CCNc1ccnc(C(N)=S)c1. The molecule has 0 fully saturated rings. The number of carbonyl (C=O) groups excluding carboxylic acids is 1. The van der Waals surface area contributed by atoms with E-state index in [1.807, 2.05) is 6.07 Å². The number of hydrogen-bond donors (Lipinski definition) is 3. The second kappa shape index (κ2) is 7.68. The van der Waals surface area contributed by atoms with Crippen LogP contribution in [0, 0.1) is 5.92 Å². The maximum atomic E-state index is 11.5. The molecular weight excluding hydrogens is 260 g/mol. The minimum absolute atomic E-state index is 0.0461. The summed E-state index contributed by atoms with van der Waals surface area (Å²) in [6.07, 6.45) is 2.06. The van der Waals surface area contributed by atoms with Crippen LogP contribution in [-0.4, -0.2) is 29.0 Å². The Morgan fingerprint density at radius 3 is 2.89 bits per heavy atom. The molecule has 6 heteroatoms. The molecule has 1 aromatic heterocycles. The van der Waals surface area contributed by atoms with Crippen LogP contribution in [0.15, 0.2) is 18.3 Å². The van der Waals surface area contributed by atoms with E-state index in [0.717, 1.165) is 5.69 Å². The minimum atomic E-state index is 0.0461. The molecule has 1 heterocycles. The Kier molecular flexibility index (Phi) is 6.21. The van der Waals surface area contributed by atoms with E-state index in [9.17, 15) is 4.79 Å². The van der Waals surface area contributed by atoms with Crippen LogP contribution in [-0.2, 0) is 4.79 Å². The van der Waals surface area contributed by atoms with Gasteiger partial charge in [0.1, 0.15) is 4.99 Å². The Bertz CT molecular complexity index is 448. The molecular formula is C13H20N4OS. The number of thiocarbonyl (C=S) groups is 1. The third kappa shape index (κ3) is 6.15. The van der Waals surface area contributed by atoms with E-state index >= 15 is 0 Å². The fourth-order valence-electron chi connectivity index (χ4n) is 1.40. The van der Waals surface area contributed by atoms with Gasteiger partial charge in [0, 0.05) is 31.4 Å². The highest BCUT2D eigenvalue weighted by atomic mass is 32.1. The lowest BCUT2D eigenvalue weighted by Crippen LogP contribution is -2.28. The van der Waals surface area contributed by atoms with E-state index in [0.29, 0.717) is 31.1 Å². The molecule has 104 valence electrons. The van der Waals surface area contributed by atoms with Gasteiger partial charge < -0.3 is 16.4 Å². The van der Waals surface area contributed by atoms with Crippen molar-refractivity contribution in [1.29, 1.82) is 0 Å². The number of carbonyl (C=O) groups is 1. The number of nitrogens with two attached hydrogens (primary N) is 1. The van der Waals surface area contributed by atoms with E-state index in [-0.39, 0.29) is 10.9 Å². The number of rotatable bonds is 7. The van der Waals surface area contributed by atoms with Crippen molar-refractivity contribution in [2.75, 3.05) is 18.4 Å². The molecule has 1 aromatic rings. The first-order valence-electron chi connectivity index (χ1n) is 6.25. The molecule has 0 radical (unpaired) electrons. The topological polar surface area (TPSA) is 80.0 Å². The van der Waals surface area contributed by atoms with Gasteiger partial charge in [-0.3, -0.25) is 9.78 Å². The van der Waals surface area contributed by atoms with E-state index < -0.39 is 0 Å². The Morgan fingerprint density at radius 2 is 2.26 bits per heavy atom. The molecule has 0 aliphatic carbocycles. The fraction of sp³-hybridized carbons (Fsp3) is 0.462. The number of hydrogen-bond acceptors (Lipinski definition) is 4. The molecule has 1 rings (SSSR count). The second-order valence-corrected chi connectivity index (χ2v) is 5.11. The molecule has 0 saturated heterocycles. The van der Waals surface area contributed by atoms with Crippen LogP contribution in [0.5, 0.6) is 0 Å². The molecule has 0 saturated carbocycles. The minimum Gasteiger partial charge on any atom is -0.388 e. The van der Waals surface area contributed by atoms with E-state index in [1.54, 1.807) is 12.3 Å². The number of anilines is 1. The molecule has 0 spiro atoms. The first-order valence-corrected chi connectivity index (χ1v) is 6.66. The van der Waals surface area contributed by atoms with Crippen LogP contribution in [0.1, 0.15) is 26.0 Å². The molecule has 0 aliphatic rings. The van der Waals surface area contributed by atoms with Crippen molar-refractivity contribution in [2.24, 2.45) is 11.7 Å². The van der Waals surface area contributed by atoms with E-state index in [2.05, 4.69) is 29.5 Å². The summed E-state index contributed by atoms with van der Waals surface area (Å²) in [7, 11) is 0. The highest BCUT2D eigenvalue weighted by Gasteiger charge is 2.03. The Balaban J connectivity index is 2.35. The highest BCUT2D eigenvalue weighted by molar-refractivity contribution is 7.80. The Hall–Kier alpha value is -1.69. The molecule has 4 N–H and O–H groups in total. The molecule has 1 amide bonds. The highest BCUT2D eigenvalue weighted by Crippen LogP contribution is 2.07. The summed E-state index contributed by atoms with van der Waals surface area (Å²) in [5, 5.41) is 6.01. The third-order valence-corrected chi connectivity index (χ3v) is 2.61. The molecule has 0 atom stereocenters. The van der Waals surface area contributed by atoms with Crippen LogP contribution in [0.4, 0.5) is 5.69 Å². The molecule has 0 aromatic carbocycles. The normalized spacial score (nSPS) is 10.3. The lowest BCUT2D eigenvalue weighted by atomic mass is 10.2. The number of pyridine rings is 1. The van der Waals surface area contributed by atoms with Crippen molar-refractivity contribution in [3.63, 3.8) is 0 Å². The van der Waals surface area contributed by atoms with Gasteiger partial charge in [0.05, 0.1) is 5.69 Å². The summed E-state index contributed by atoms with van der Waals surface area (Å²) >= 11 is 4.86. The van der Waals surface area contributed by atoms with Crippen molar-refractivity contribution in [1.82, 2.24) is 10.3 Å². The first-order chi connectivity index (χ1) is 8.99. The predicted octanol–water partition coefficient (Wildman–Crippen LogP) is 1.29. The summed E-state index contributed by atoms with van der Waals surface area (Å²) in [6, 6.07) is 3.59. The van der Waals surface area contributed by atoms with Crippen molar-refractivity contribution in [2.45, 2.75) is 20.3 Å². The van der Waals surface area contributed by atoms with Crippen molar-refractivity contribution < 1.29 is 4.79 Å². The standard InChI is InChI=1S/C13H20N4OS/c1-9(2)8-17-12(18)4-6-15-10-3-5-16-11(7-10)13(14)19/h3,5,7,9H,4,6,8H2,1-2H3,(H2,14,19)(H,15,16)(H,17,18). The number of nitrogens with one attached hydrogen (secondary N) is 2. The van der Waals surface area contributed by atoms with Gasteiger partial charge in [0.25, 0.3) is 0 Å². The Labute approximate surface area is 119 Å². The van der Waals surface area contributed by atoms with Gasteiger partial charge in [-0.25, -0.2) is 0 Å². The van der Waals surface area contributed by atoms with E-state index in [1.165, 1.54) is 0 Å². The van der Waals surface area contributed by atoms with Gasteiger partial charge in [-0.1, -0.05) is 26.1 Å². The third-order valence-electron chi connectivity index (χ3n) is 2.40. The van der Waals surface area contributed by atoms with Gasteiger partial charge in [-0.15, -0.1) is 0 Å². The lowest BCUT2D eigenvalue weighted by molar-refractivity contribution is -0.120. The zero-order chi connectivity index (χ0) is 14.3. The zero-order valence-corrected chi connectivity index (χ0v) is 12.1. The van der Waals surface area contributed by atoms with Crippen molar-refractivity contribution in [3.05, 3.63) is 24.0 Å². The zero-order valence-electron chi connectivity index (χ0n) is 11.3. The largest absolute Gasteiger partial charge is 0.388 e. The van der Waals surface area contributed by atoms with Crippen molar-refractivity contribution >= 4 is 28.8 Å². The summed E-state index contributed by atoms with van der Waals surface area (Å²) in [5.41, 5.74) is 6.93. The summed E-state index contributed by atoms with van der Waals surface area (Å²) < 4.78 is 0. The van der Waals surface area contributed by atoms with Crippen LogP contribution in [0.3, 0.4) is 0 Å². The van der Waals surface area contributed by atoms with Crippen LogP contribution in [0.2, 0.25) is 0 Å². The molecule has 5 nitrogen and oxygen atoms in total. The predicted molar refractivity (Wildman–Crippen MR) is 81.1 cm³/mol. The van der Waals surface area contributed by atoms with E-state index in [4.69, 9.17) is 18.0 Å². The van der Waals surface area contributed by atoms with Gasteiger partial charge >= 0.3 is 0 Å². The number of nitrogens with zero attached hydrogens (tertiary/aromatic N) is 1. The number of amides is 1. The summed E-state index contributed by atoms with van der Waals surface area (Å²) in [4.78, 5) is 15.8. The van der Waals surface area contributed by atoms with Gasteiger partial charge in [-0.2, -0.15) is 0 Å². The van der Waals surface area contributed by atoms with Crippen LogP contribution >= 0.6 is 12.2 Å². The van der Waals surface area contributed by atoms with Crippen LogP contribution in [0.25, 0.3) is 0 Å². The lowest BCUT2D eigenvalue weighted by Gasteiger charge is -2.09. The monoisotopic (exact) mass is 280 g/mol. The van der Waals surface area contributed by atoms with Crippen molar-refractivity contribution in [3.8, 4) is 0 Å².